The molecule has 0 bridgehead atoms. The molecule has 1 aliphatic heterocycles. The highest BCUT2D eigenvalue weighted by molar-refractivity contribution is 5.75. The minimum Gasteiger partial charge on any atom is -0.362 e. The molecule has 3 heteroatoms. The molecule has 0 aromatic rings. The van der Waals surface area contributed by atoms with Gasteiger partial charge in [0.2, 0.25) is 0 Å². The van der Waals surface area contributed by atoms with Crippen LogP contribution in [-0.2, 0) is 0 Å². The van der Waals surface area contributed by atoms with E-state index < -0.39 is 0 Å². The van der Waals surface area contributed by atoms with Gasteiger partial charge in [0.1, 0.15) is 0 Å². The van der Waals surface area contributed by atoms with Crippen LogP contribution in [0.1, 0.15) is 19.8 Å². The average Bonchev–Trinajstić information content (AvgIpc) is 2.31. The lowest BCUT2D eigenvalue weighted by Crippen LogP contribution is -2.23. The van der Waals surface area contributed by atoms with Crippen molar-refractivity contribution in [1.29, 1.82) is 0 Å². The van der Waals surface area contributed by atoms with Crippen LogP contribution in [0.2, 0.25) is 0 Å². The minimum atomic E-state index is 0. The van der Waals surface area contributed by atoms with Crippen LogP contribution in [0.5, 0.6) is 0 Å². The van der Waals surface area contributed by atoms with Crippen molar-refractivity contribution in [2.75, 3.05) is 20.3 Å². The number of hydrogen-bond donors (Lipinski definition) is 0. The monoisotopic (exact) mass is 168 g/mol. The molecule has 0 saturated heterocycles. The van der Waals surface area contributed by atoms with Crippen LogP contribution in [0.25, 0.3) is 0 Å². The average molecular weight is 168 g/mol. The van der Waals surface area contributed by atoms with Gasteiger partial charge in [-0.1, -0.05) is 13.3 Å². The number of hydrogen-bond acceptors (Lipinski definition) is 2. The van der Waals surface area contributed by atoms with E-state index in [1.54, 1.807) is 0 Å². The Hall–Kier alpha value is -0.443. The number of rotatable bonds is 3. The molecule has 1 heterocycles. The lowest BCUT2D eigenvalue weighted by atomic mass is 10.3. The van der Waals surface area contributed by atoms with Crippen LogP contribution in [0.15, 0.2) is 12.4 Å². The zero-order valence-electron chi connectivity index (χ0n) is 7.38. The van der Waals surface area contributed by atoms with Gasteiger partial charge in [-0.25, -0.2) is 0 Å². The SMILES string of the molecule is CCCCN1C=CN(C)C1.[Si]. The highest BCUT2D eigenvalue weighted by Crippen LogP contribution is 2.04. The van der Waals surface area contributed by atoms with Crippen molar-refractivity contribution in [1.82, 2.24) is 9.80 Å². The molecular formula is C8H16N2Si. The molecule has 0 aliphatic carbocycles. The van der Waals surface area contributed by atoms with Gasteiger partial charge in [0.15, 0.2) is 0 Å². The predicted octanol–water partition coefficient (Wildman–Crippen LogP) is 1.08. The second kappa shape index (κ2) is 5.24. The van der Waals surface area contributed by atoms with Crippen LogP contribution >= 0.6 is 0 Å². The first-order valence-electron chi connectivity index (χ1n) is 3.95. The van der Waals surface area contributed by atoms with Gasteiger partial charge in [0.05, 0.1) is 6.67 Å². The second-order valence-electron chi connectivity index (χ2n) is 2.86. The minimum absolute atomic E-state index is 0. The van der Waals surface area contributed by atoms with E-state index in [0.717, 1.165) is 6.67 Å². The summed E-state index contributed by atoms with van der Waals surface area (Å²) in [6.07, 6.45) is 6.87. The molecule has 4 radical (unpaired) electrons. The Kier molecular flexibility index (Phi) is 5.03. The lowest BCUT2D eigenvalue weighted by Gasteiger charge is -2.17. The van der Waals surface area contributed by atoms with Crippen LogP contribution in [0.3, 0.4) is 0 Å². The molecular weight excluding hydrogens is 152 g/mol. The molecule has 11 heavy (non-hydrogen) atoms. The first-order chi connectivity index (χ1) is 4.83. The van der Waals surface area contributed by atoms with Crippen molar-refractivity contribution in [3.05, 3.63) is 12.4 Å². The van der Waals surface area contributed by atoms with Crippen LogP contribution in [-0.4, -0.2) is 41.0 Å². The van der Waals surface area contributed by atoms with E-state index in [9.17, 15) is 0 Å². The Labute approximate surface area is 73.9 Å². The maximum Gasteiger partial charge on any atom is 0.0890 e. The Morgan fingerprint density at radius 1 is 1.36 bits per heavy atom. The van der Waals surface area contributed by atoms with Crippen molar-refractivity contribution < 1.29 is 0 Å². The van der Waals surface area contributed by atoms with Gasteiger partial charge in [-0.15, -0.1) is 0 Å². The molecule has 0 unspecified atom stereocenters. The highest BCUT2D eigenvalue weighted by Gasteiger charge is 2.05. The van der Waals surface area contributed by atoms with Crippen LogP contribution < -0.4 is 0 Å². The van der Waals surface area contributed by atoms with Crippen molar-refractivity contribution in [2.45, 2.75) is 19.8 Å². The second-order valence-corrected chi connectivity index (χ2v) is 2.86. The molecule has 0 saturated carbocycles. The Balaban J connectivity index is 0.000001000. The summed E-state index contributed by atoms with van der Waals surface area (Å²) in [4.78, 5) is 4.53. The fourth-order valence-electron chi connectivity index (χ4n) is 1.10. The first-order valence-corrected chi connectivity index (χ1v) is 3.95. The molecule has 2 nitrogen and oxygen atoms in total. The third-order valence-corrected chi connectivity index (χ3v) is 1.74. The summed E-state index contributed by atoms with van der Waals surface area (Å²) < 4.78 is 0. The van der Waals surface area contributed by atoms with Gasteiger partial charge in [-0.05, 0) is 6.42 Å². The Bertz CT molecular complexity index is 125. The topological polar surface area (TPSA) is 6.48 Å². The summed E-state index contributed by atoms with van der Waals surface area (Å²) in [6.45, 7) is 4.50. The van der Waals surface area contributed by atoms with E-state index in [2.05, 4.69) is 36.2 Å². The normalized spacial score (nSPS) is 15.5. The largest absolute Gasteiger partial charge is 0.362 e. The molecule has 62 valence electrons. The van der Waals surface area contributed by atoms with Crippen LogP contribution in [0.4, 0.5) is 0 Å². The zero-order valence-corrected chi connectivity index (χ0v) is 8.38. The van der Waals surface area contributed by atoms with Gasteiger partial charge in [-0.2, -0.15) is 0 Å². The summed E-state index contributed by atoms with van der Waals surface area (Å²) in [5.74, 6) is 0. The number of nitrogens with zero attached hydrogens (tertiary/aromatic N) is 2. The van der Waals surface area contributed by atoms with E-state index in [1.165, 1.54) is 19.4 Å². The van der Waals surface area contributed by atoms with Crippen molar-refractivity contribution >= 4 is 11.0 Å². The van der Waals surface area contributed by atoms with Gasteiger partial charge in [-0.3, -0.25) is 0 Å². The van der Waals surface area contributed by atoms with E-state index >= 15 is 0 Å². The molecule has 0 N–H and O–H groups in total. The molecule has 0 aromatic carbocycles. The highest BCUT2D eigenvalue weighted by atomic mass is 28.1. The lowest BCUT2D eigenvalue weighted by molar-refractivity contribution is 0.293. The fraction of sp³-hybridized carbons (Fsp3) is 0.750. The fourth-order valence-corrected chi connectivity index (χ4v) is 1.10. The summed E-state index contributed by atoms with van der Waals surface area (Å²) in [6, 6.07) is 0. The van der Waals surface area contributed by atoms with E-state index in [0.29, 0.717) is 0 Å². The smallest absolute Gasteiger partial charge is 0.0890 e. The molecule has 0 atom stereocenters. The maximum absolute atomic E-state index is 2.34. The van der Waals surface area contributed by atoms with E-state index in [1.807, 2.05) is 0 Å². The summed E-state index contributed by atoms with van der Waals surface area (Å²) in [5.41, 5.74) is 0. The molecule has 0 fully saturated rings. The quantitative estimate of drug-likeness (QED) is 0.582. The van der Waals surface area contributed by atoms with Crippen molar-refractivity contribution in [3.63, 3.8) is 0 Å². The van der Waals surface area contributed by atoms with Gasteiger partial charge in [0, 0.05) is 37.0 Å². The van der Waals surface area contributed by atoms with E-state index in [-0.39, 0.29) is 11.0 Å². The predicted molar refractivity (Wildman–Crippen MR) is 49.1 cm³/mol. The van der Waals surface area contributed by atoms with Crippen molar-refractivity contribution in [3.8, 4) is 0 Å². The third-order valence-electron chi connectivity index (χ3n) is 1.74. The third kappa shape index (κ3) is 3.46. The maximum atomic E-state index is 2.34. The zero-order chi connectivity index (χ0) is 7.40. The van der Waals surface area contributed by atoms with Crippen LogP contribution in [0, 0.1) is 0 Å². The van der Waals surface area contributed by atoms with Gasteiger partial charge < -0.3 is 9.80 Å². The van der Waals surface area contributed by atoms with Gasteiger partial charge >= 0.3 is 0 Å². The molecule has 0 aromatic heterocycles. The van der Waals surface area contributed by atoms with Crippen molar-refractivity contribution in [2.24, 2.45) is 0 Å². The summed E-state index contributed by atoms with van der Waals surface area (Å²) in [5, 5.41) is 0. The Morgan fingerprint density at radius 2 is 2.09 bits per heavy atom. The molecule has 1 aliphatic rings. The number of unbranched alkanes of at least 4 members (excludes halogenated alkanes) is 1. The standard InChI is InChI=1S/C8H16N2.Si/c1-3-4-5-10-7-6-9(2)8-10;/h6-7H,3-5,8H2,1-2H3;. The Morgan fingerprint density at radius 3 is 2.55 bits per heavy atom. The van der Waals surface area contributed by atoms with Gasteiger partial charge in [0.25, 0.3) is 0 Å². The van der Waals surface area contributed by atoms with E-state index in [4.69, 9.17) is 0 Å². The molecule has 1 rings (SSSR count). The summed E-state index contributed by atoms with van der Waals surface area (Å²) in [7, 11) is 2.10. The molecule has 0 spiro atoms. The first kappa shape index (κ1) is 10.6. The summed E-state index contributed by atoms with van der Waals surface area (Å²) >= 11 is 0. The molecule has 0 amide bonds.